The molecular formula is C13H14O3. The Morgan fingerprint density at radius 1 is 1.69 bits per heavy atom. The van der Waals surface area contributed by atoms with Gasteiger partial charge in [-0.25, -0.2) is 0 Å². The number of fused-ring (bicyclic) bond motifs is 1. The summed E-state index contributed by atoms with van der Waals surface area (Å²) in [6.07, 6.45) is 0.634. The minimum absolute atomic E-state index is 0.253. The fourth-order valence-corrected chi connectivity index (χ4v) is 1.81. The van der Waals surface area contributed by atoms with Gasteiger partial charge < -0.3 is 9.84 Å². The molecule has 0 unspecified atom stereocenters. The van der Waals surface area contributed by atoms with Crippen LogP contribution in [0.2, 0.25) is 0 Å². The molecule has 0 radical (unpaired) electrons. The van der Waals surface area contributed by atoms with Crippen molar-refractivity contribution < 1.29 is 14.6 Å². The largest absolute Gasteiger partial charge is 0.485 e. The molecule has 16 heavy (non-hydrogen) atoms. The second kappa shape index (κ2) is 4.10. The molecule has 1 aromatic rings. The van der Waals surface area contributed by atoms with Crippen molar-refractivity contribution in [3.05, 3.63) is 41.5 Å². The molecule has 2 atom stereocenters. The first-order valence-electron chi connectivity index (χ1n) is 5.23. The quantitative estimate of drug-likeness (QED) is 0.621. The predicted octanol–water partition coefficient (Wildman–Crippen LogP) is 1.80. The molecule has 0 saturated carbocycles. The van der Waals surface area contributed by atoms with E-state index in [2.05, 4.69) is 6.58 Å². The van der Waals surface area contributed by atoms with E-state index in [4.69, 9.17) is 4.74 Å². The summed E-state index contributed by atoms with van der Waals surface area (Å²) in [5.74, 6) is 0.775. The topological polar surface area (TPSA) is 46.5 Å². The molecule has 1 heterocycles. The van der Waals surface area contributed by atoms with Crippen LogP contribution in [0.25, 0.3) is 0 Å². The summed E-state index contributed by atoms with van der Waals surface area (Å²) < 4.78 is 5.58. The molecule has 1 aromatic carbocycles. The maximum absolute atomic E-state index is 10.6. The van der Waals surface area contributed by atoms with Crippen molar-refractivity contribution in [3.8, 4) is 5.75 Å². The molecule has 0 aromatic heterocycles. The summed E-state index contributed by atoms with van der Waals surface area (Å²) in [4.78, 5) is 10.6. The van der Waals surface area contributed by atoms with E-state index in [1.54, 1.807) is 6.92 Å². The molecule has 0 fully saturated rings. The van der Waals surface area contributed by atoms with Crippen LogP contribution in [0, 0.1) is 0 Å². The lowest BCUT2D eigenvalue weighted by molar-refractivity contribution is -0.105. The molecule has 0 spiro atoms. The van der Waals surface area contributed by atoms with Crippen molar-refractivity contribution in [2.24, 2.45) is 0 Å². The van der Waals surface area contributed by atoms with E-state index in [1.165, 1.54) is 0 Å². The Kier molecular flexibility index (Phi) is 2.79. The first kappa shape index (κ1) is 10.9. The summed E-state index contributed by atoms with van der Waals surface area (Å²) in [5, 5.41) is 9.46. The van der Waals surface area contributed by atoms with Crippen LogP contribution < -0.4 is 4.74 Å². The Hall–Kier alpha value is -1.61. The average molecular weight is 218 g/mol. The highest BCUT2D eigenvalue weighted by molar-refractivity contribution is 5.74. The molecule has 84 valence electrons. The fraction of sp³-hybridized carbons (Fsp3) is 0.308. The van der Waals surface area contributed by atoms with Crippen molar-refractivity contribution >= 4 is 6.29 Å². The van der Waals surface area contributed by atoms with Gasteiger partial charge in [-0.15, -0.1) is 0 Å². The van der Waals surface area contributed by atoms with Crippen LogP contribution in [0.5, 0.6) is 5.75 Å². The van der Waals surface area contributed by atoms with E-state index in [1.807, 2.05) is 18.2 Å². The Bertz CT molecular complexity index is 435. The van der Waals surface area contributed by atoms with E-state index < -0.39 is 6.10 Å². The third-order valence-electron chi connectivity index (χ3n) is 2.81. The van der Waals surface area contributed by atoms with Gasteiger partial charge in [0.25, 0.3) is 0 Å². The summed E-state index contributed by atoms with van der Waals surface area (Å²) in [6.45, 7) is 5.37. The lowest BCUT2D eigenvalue weighted by Crippen LogP contribution is -2.16. The van der Waals surface area contributed by atoms with Crippen LogP contribution in [0.1, 0.15) is 24.2 Å². The molecule has 3 heteroatoms. The molecule has 0 amide bonds. The number of ether oxygens (including phenoxy) is 1. The van der Waals surface area contributed by atoms with E-state index in [9.17, 15) is 9.90 Å². The second-order valence-electron chi connectivity index (χ2n) is 4.05. The summed E-state index contributed by atoms with van der Waals surface area (Å²) in [5.41, 5.74) is 2.33. The average Bonchev–Trinajstić information content (AvgIpc) is 2.70. The summed E-state index contributed by atoms with van der Waals surface area (Å²) in [6, 6.07) is 5.57. The van der Waals surface area contributed by atoms with Gasteiger partial charge in [0.2, 0.25) is 0 Å². The van der Waals surface area contributed by atoms with E-state index in [-0.39, 0.29) is 6.10 Å². The van der Waals surface area contributed by atoms with Gasteiger partial charge in [0, 0.05) is 12.0 Å². The monoisotopic (exact) mass is 218 g/mol. The van der Waals surface area contributed by atoms with Crippen LogP contribution in [-0.4, -0.2) is 17.5 Å². The van der Waals surface area contributed by atoms with Crippen molar-refractivity contribution in [2.75, 3.05) is 0 Å². The molecule has 1 aliphatic rings. The normalized spacial score (nSPS) is 19.8. The number of hydrogen-bond donors (Lipinski definition) is 1. The molecule has 1 aliphatic heterocycles. The van der Waals surface area contributed by atoms with Crippen LogP contribution in [-0.2, 0) is 11.2 Å². The maximum Gasteiger partial charge on any atom is 0.149 e. The van der Waals surface area contributed by atoms with Gasteiger partial charge >= 0.3 is 0 Å². The molecule has 0 aliphatic carbocycles. The fourth-order valence-electron chi connectivity index (χ4n) is 1.81. The van der Waals surface area contributed by atoms with Gasteiger partial charge in [0.1, 0.15) is 18.1 Å². The van der Waals surface area contributed by atoms with Gasteiger partial charge in [0.05, 0.1) is 6.10 Å². The van der Waals surface area contributed by atoms with Gasteiger partial charge in [-0.1, -0.05) is 12.6 Å². The highest BCUT2D eigenvalue weighted by Crippen LogP contribution is 2.32. The zero-order valence-electron chi connectivity index (χ0n) is 9.14. The molecular weight excluding hydrogens is 204 g/mol. The lowest BCUT2D eigenvalue weighted by atomic mass is 10.0. The minimum Gasteiger partial charge on any atom is -0.485 e. The number of aliphatic hydroxyl groups excluding tert-OH is 1. The molecule has 3 nitrogen and oxygen atoms in total. The highest BCUT2D eigenvalue weighted by Gasteiger charge is 2.25. The first-order chi connectivity index (χ1) is 7.61. The van der Waals surface area contributed by atoms with Gasteiger partial charge in [-0.2, -0.15) is 0 Å². The van der Waals surface area contributed by atoms with Gasteiger partial charge in [-0.05, 0) is 30.2 Å². The Morgan fingerprint density at radius 3 is 3.06 bits per heavy atom. The Balaban J connectivity index is 2.24. The van der Waals surface area contributed by atoms with E-state index >= 15 is 0 Å². The zero-order chi connectivity index (χ0) is 11.7. The Labute approximate surface area is 94.4 Å². The third-order valence-corrected chi connectivity index (χ3v) is 2.81. The van der Waals surface area contributed by atoms with Crippen LogP contribution in [0.15, 0.2) is 30.4 Å². The number of rotatable bonds is 3. The van der Waals surface area contributed by atoms with Crippen LogP contribution in [0.4, 0.5) is 0 Å². The second-order valence-corrected chi connectivity index (χ2v) is 4.05. The number of hydrogen-bond acceptors (Lipinski definition) is 3. The number of benzene rings is 1. The van der Waals surface area contributed by atoms with Crippen molar-refractivity contribution in [1.82, 2.24) is 0 Å². The number of aldehydes is 1. The van der Waals surface area contributed by atoms with Crippen molar-refractivity contribution in [1.29, 1.82) is 0 Å². The molecule has 2 rings (SSSR count). The van der Waals surface area contributed by atoms with Gasteiger partial charge in [-0.3, -0.25) is 4.79 Å². The maximum atomic E-state index is 10.6. The van der Waals surface area contributed by atoms with Crippen LogP contribution >= 0.6 is 0 Å². The first-order valence-corrected chi connectivity index (χ1v) is 5.23. The smallest absolute Gasteiger partial charge is 0.149 e. The number of aliphatic hydroxyl groups is 1. The highest BCUT2D eigenvalue weighted by atomic mass is 16.5. The van der Waals surface area contributed by atoms with Gasteiger partial charge in [0.15, 0.2) is 0 Å². The summed E-state index contributed by atoms with van der Waals surface area (Å²) >= 11 is 0. The predicted molar refractivity (Wildman–Crippen MR) is 60.4 cm³/mol. The third kappa shape index (κ3) is 1.86. The zero-order valence-corrected chi connectivity index (χ0v) is 9.14. The molecule has 1 N–H and O–H groups in total. The van der Waals surface area contributed by atoms with Crippen molar-refractivity contribution in [3.63, 3.8) is 0 Å². The lowest BCUT2D eigenvalue weighted by Gasteiger charge is -2.08. The summed E-state index contributed by atoms with van der Waals surface area (Å²) in [7, 11) is 0. The minimum atomic E-state index is -0.487. The van der Waals surface area contributed by atoms with E-state index in [0.29, 0.717) is 12.0 Å². The molecule has 0 saturated heterocycles. The standard InChI is InChI=1S/C13H14O3/c1-8(7-14)13-6-11-5-10(9(2)15)3-4-12(11)16-13/h3-5,7,9,13,15H,1,6H2,2H3/t9-,13-/m0/s1. The Morgan fingerprint density at radius 2 is 2.44 bits per heavy atom. The van der Waals surface area contributed by atoms with Crippen molar-refractivity contribution in [2.45, 2.75) is 25.6 Å². The van der Waals surface area contributed by atoms with Crippen LogP contribution in [0.3, 0.4) is 0 Å². The number of carbonyl (C=O) groups is 1. The van der Waals surface area contributed by atoms with E-state index in [0.717, 1.165) is 23.2 Å². The number of carbonyl (C=O) groups excluding carboxylic acids is 1. The SMILES string of the molecule is C=C(C=O)[C@@H]1Cc2cc([C@H](C)O)ccc2O1. The molecule has 0 bridgehead atoms.